The summed E-state index contributed by atoms with van der Waals surface area (Å²) in [5, 5.41) is 13.0. The summed E-state index contributed by atoms with van der Waals surface area (Å²) in [6.07, 6.45) is 4.58. The third-order valence-corrected chi connectivity index (χ3v) is 14.4. The average molecular weight is 879 g/mol. The summed E-state index contributed by atoms with van der Waals surface area (Å²) in [6.45, 7) is 12.0. The van der Waals surface area contributed by atoms with Crippen molar-refractivity contribution in [3.8, 4) is 17.1 Å². The summed E-state index contributed by atoms with van der Waals surface area (Å²) in [5.74, 6) is 0.0918. The third-order valence-electron chi connectivity index (χ3n) is 12.4. The van der Waals surface area contributed by atoms with Crippen LogP contribution in [0, 0.1) is 26.7 Å². The molecule has 3 aliphatic rings. The molecular formula is C44H44BrN7O6S. The van der Waals surface area contributed by atoms with Gasteiger partial charge in [0.2, 0.25) is 0 Å². The molecule has 0 radical (unpaired) electrons. The lowest BCUT2D eigenvalue weighted by molar-refractivity contribution is -0.172. The highest BCUT2D eigenvalue weighted by molar-refractivity contribution is 9.10. The maximum absolute atomic E-state index is 13.7. The predicted octanol–water partition coefficient (Wildman–Crippen LogP) is 7.92. The molecule has 9 rings (SSSR count). The second-order valence-corrected chi connectivity index (χ2v) is 17.6. The van der Waals surface area contributed by atoms with Crippen LogP contribution in [0.15, 0.2) is 62.0 Å². The molecule has 6 aromatic rings. The Balaban J connectivity index is 0.889. The van der Waals surface area contributed by atoms with Crippen LogP contribution in [-0.4, -0.2) is 64.2 Å². The van der Waals surface area contributed by atoms with Gasteiger partial charge in [-0.2, -0.15) is 0 Å². The molecule has 0 spiro atoms. The number of hydrogen-bond acceptors (Lipinski definition) is 11. The van der Waals surface area contributed by atoms with Crippen molar-refractivity contribution in [1.29, 1.82) is 0 Å². The summed E-state index contributed by atoms with van der Waals surface area (Å²) < 4.78 is 16.1. The number of esters is 1. The van der Waals surface area contributed by atoms with E-state index in [1.807, 2.05) is 26.0 Å². The Bertz CT molecular complexity index is 2800. The summed E-state index contributed by atoms with van der Waals surface area (Å²) in [5.41, 5.74) is 7.12. The minimum atomic E-state index is -1.89. The van der Waals surface area contributed by atoms with Crippen LogP contribution >= 0.6 is 27.7 Å². The molecule has 1 fully saturated rings. The van der Waals surface area contributed by atoms with E-state index < -0.39 is 11.6 Å². The number of rotatable bonds is 8. The highest BCUT2D eigenvalue weighted by Gasteiger charge is 2.45. The number of cyclic esters (lactones) is 1. The lowest BCUT2D eigenvalue weighted by Crippen LogP contribution is -2.44. The quantitative estimate of drug-likeness (QED) is 0.148. The van der Waals surface area contributed by atoms with Gasteiger partial charge in [-0.05, 0) is 128 Å². The highest BCUT2D eigenvalue weighted by Crippen LogP contribution is 2.41. The Morgan fingerprint density at radius 2 is 1.81 bits per heavy atom. The van der Waals surface area contributed by atoms with Crippen molar-refractivity contribution in [2.75, 3.05) is 13.1 Å². The number of aromatic nitrogens is 6. The first-order chi connectivity index (χ1) is 28.4. The van der Waals surface area contributed by atoms with E-state index in [1.165, 1.54) is 11.1 Å². The van der Waals surface area contributed by atoms with Gasteiger partial charge in [0.15, 0.2) is 16.4 Å². The van der Waals surface area contributed by atoms with E-state index in [0.717, 1.165) is 73.7 Å². The molecule has 3 aliphatic heterocycles. The zero-order valence-corrected chi connectivity index (χ0v) is 36.0. The van der Waals surface area contributed by atoms with E-state index in [9.17, 15) is 19.5 Å². The van der Waals surface area contributed by atoms with Gasteiger partial charge in [0.1, 0.15) is 24.2 Å². The van der Waals surface area contributed by atoms with Gasteiger partial charge in [0, 0.05) is 45.5 Å². The number of carbonyl (C=O) groups excluding carboxylic acids is 2. The van der Waals surface area contributed by atoms with Crippen molar-refractivity contribution in [3.05, 3.63) is 96.6 Å². The smallest absolute Gasteiger partial charge is 0.415 e. The molecule has 4 aromatic heterocycles. The number of benzene rings is 2. The molecule has 1 saturated heterocycles. The number of pyridine rings is 2. The van der Waals surface area contributed by atoms with Crippen molar-refractivity contribution >= 4 is 61.8 Å². The van der Waals surface area contributed by atoms with Crippen molar-refractivity contribution in [2.45, 2.75) is 102 Å². The molecule has 0 aliphatic carbocycles. The number of likely N-dealkylation sites (tertiary alicyclic amines) is 1. The lowest BCUT2D eigenvalue weighted by atomic mass is 9.86. The van der Waals surface area contributed by atoms with Crippen LogP contribution in [0.25, 0.3) is 33.5 Å². The van der Waals surface area contributed by atoms with Gasteiger partial charge in [0.25, 0.3) is 5.56 Å². The summed E-state index contributed by atoms with van der Waals surface area (Å²) in [6, 6.07) is 11.5. The fourth-order valence-electron chi connectivity index (χ4n) is 8.73. The number of imidazole rings is 1. The van der Waals surface area contributed by atoms with Crippen molar-refractivity contribution in [1.82, 2.24) is 34.0 Å². The second-order valence-electron chi connectivity index (χ2n) is 15.8. The number of hydrogen-bond donors (Lipinski definition) is 1. The molecule has 0 saturated carbocycles. The average Bonchev–Trinajstić information content (AvgIpc) is 3.78. The lowest BCUT2D eigenvalue weighted by Gasteiger charge is -2.31. The molecule has 1 amide bonds. The number of ether oxygens (including phenoxy) is 2. The summed E-state index contributed by atoms with van der Waals surface area (Å²) >= 11 is 5.38. The fraction of sp³-hybridized carbons (Fsp3) is 0.386. The topological polar surface area (TPSA) is 155 Å². The number of halogens is 1. The highest BCUT2D eigenvalue weighted by atomic mass is 79.9. The molecule has 13 nitrogen and oxygen atoms in total. The van der Waals surface area contributed by atoms with E-state index in [1.54, 1.807) is 46.6 Å². The second kappa shape index (κ2) is 15.2. The van der Waals surface area contributed by atoms with E-state index in [4.69, 9.17) is 19.4 Å². The van der Waals surface area contributed by atoms with Crippen LogP contribution in [0.1, 0.15) is 78.6 Å². The molecule has 15 heteroatoms. The molecule has 2 aromatic carbocycles. The maximum Gasteiger partial charge on any atom is 0.415 e. The van der Waals surface area contributed by atoms with E-state index in [2.05, 4.69) is 56.4 Å². The number of amides is 1. The maximum atomic E-state index is 13.7. The predicted molar refractivity (Wildman–Crippen MR) is 227 cm³/mol. The molecule has 59 heavy (non-hydrogen) atoms. The van der Waals surface area contributed by atoms with Crippen molar-refractivity contribution in [2.24, 2.45) is 5.92 Å². The third kappa shape index (κ3) is 6.71. The van der Waals surface area contributed by atoms with Crippen molar-refractivity contribution < 1.29 is 24.2 Å². The fourth-order valence-corrected chi connectivity index (χ4v) is 10.4. The summed E-state index contributed by atoms with van der Waals surface area (Å²) in [4.78, 5) is 61.8. The largest absolute Gasteiger partial charge is 0.458 e. The first kappa shape index (κ1) is 39.3. The zero-order valence-electron chi connectivity index (χ0n) is 33.6. The Hall–Kier alpha value is -5.12. The molecule has 1 atom stereocenters. The molecule has 7 heterocycles. The van der Waals surface area contributed by atoms with Crippen LogP contribution in [0.5, 0.6) is 5.75 Å². The number of aliphatic hydroxyl groups is 1. The first-order valence-corrected chi connectivity index (χ1v) is 21.7. The Labute approximate surface area is 353 Å². The normalized spacial score (nSPS) is 17.6. The molecule has 304 valence electrons. The molecule has 0 unspecified atom stereocenters. The number of nitrogens with zero attached hydrogens (tertiary/aromatic N) is 7. The van der Waals surface area contributed by atoms with Gasteiger partial charge < -0.3 is 28.6 Å². The minimum Gasteiger partial charge on any atom is -0.458 e. The number of fused-ring (bicyclic) bond motifs is 6. The Kier molecular flexibility index (Phi) is 10.1. The van der Waals surface area contributed by atoms with E-state index >= 15 is 0 Å². The van der Waals surface area contributed by atoms with Gasteiger partial charge in [0.05, 0.1) is 34.7 Å². The SMILES string of the molecule is CCc1c2c(nc3ccc(OC(=O)N4CCC(CCn5c(Sc6cc(C)c(C)cc6Br)nc6c(C)ncnc65)CC4)cc13)-c1cc3c(c(=O)n1C2)COC(=O)[C@@]3(O)CC. The number of aryl methyl sites for hydroxylation is 5. The van der Waals surface area contributed by atoms with Gasteiger partial charge in [-0.15, -0.1) is 0 Å². The molecule has 1 N–H and O–H groups in total. The first-order valence-electron chi connectivity index (χ1n) is 20.1. The van der Waals surface area contributed by atoms with Crippen LogP contribution in [0.3, 0.4) is 0 Å². The number of piperidine rings is 1. The monoisotopic (exact) mass is 877 g/mol. The molecular weight excluding hydrogens is 834 g/mol. The Morgan fingerprint density at radius 3 is 2.58 bits per heavy atom. The standard InChI is InChI=1S/C44H44BrN7O6S/c1-6-28-29-18-27(8-9-34(29)48-38-30(28)20-52-35(38)19-32-31(40(52)53)21-57-41(54)44(32,56)7-2)58-43(55)50-13-10-26(11-14-50)12-15-51-39-37(25(5)46-22-47-39)49-42(51)59-36-17-24(4)23(3)16-33(36)45/h8-9,16-19,22,26,56H,6-7,10-15,20-21H2,1-5H3/t44-/m1/s1. The van der Waals surface area contributed by atoms with Crippen molar-refractivity contribution in [3.63, 3.8) is 0 Å². The van der Waals surface area contributed by atoms with Gasteiger partial charge in [-0.25, -0.2) is 29.5 Å². The number of carbonyl (C=O) groups is 2. The molecule has 0 bridgehead atoms. The van der Waals surface area contributed by atoms with Gasteiger partial charge in [-0.1, -0.05) is 25.6 Å². The van der Waals surface area contributed by atoms with Gasteiger partial charge in [-0.3, -0.25) is 4.79 Å². The van der Waals surface area contributed by atoms with Crippen LogP contribution in [0.4, 0.5) is 4.79 Å². The van der Waals surface area contributed by atoms with E-state index in [-0.39, 0.29) is 35.8 Å². The van der Waals surface area contributed by atoms with Crippen LogP contribution in [0.2, 0.25) is 0 Å². The minimum absolute atomic E-state index is 0.0765. The summed E-state index contributed by atoms with van der Waals surface area (Å²) in [7, 11) is 0. The van der Waals surface area contributed by atoms with Gasteiger partial charge >= 0.3 is 12.1 Å². The van der Waals surface area contributed by atoms with Crippen LogP contribution < -0.4 is 10.3 Å². The van der Waals surface area contributed by atoms with Crippen LogP contribution in [-0.2, 0) is 41.2 Å². The van der Waals surface area contributed by atoms with E-state index in [0.29, 0.717) is 54.6 Å². The zero-order chi connectivity index (χ0) is 41.3. The Morgan fingerprint density at radius 1 is 1.03 bits per heavy atom.